The smallest absolute Gasteiger partial charge is 0.481 e. The number of alkyl halides is 1. The molecular weight excluding hydrogens is 296 g/mol. The molecule has 1 aliphatic rings. The molecule has 1 N–H and O–H groups in total. The van der Waals surface area contributed by atoms with E-state index in [0.717, 1.165) is 12.8 Å². The second-order valence-electron chi connectivity index (χ2n) is 4.89. The summed E-state index contributed by atoms with van der Waals surface area (Å²) in [7, 11) is 0. The highest BCUT2D eigenvalue weighted by Gasteiger charge is 2.35. The van der Waals surface area contributed by atoms with Crippen molar-refractivity contribution >= 4 is 23.7 Å². The molecule has 0 aromatic heterocycles. The second-order valence-corrected chi connectivity index (χ2v) is 5.54. The number of carbonyl (C=O) groups excluding carboxylic acids is 1. The Kier molecular flexibility index (Phi) is 6.75. The number of aliphatic carboxylic acids is 1. The van der Waals surface area contributed by atoms with Crippen molar-refractivity contribution in [1.82, 2.24) is 0 Å². The fraction of sp³-hybridized carbons (Fsp3) is 0.600. The Morgan fingerprint density at radius 3 is 2.38 bits per heavy atom. The highest BCUT2D eigenvalue weighted by Crippen LogP contribution is 2.36. The lowest BCUT2D eigenvalue weighted by atomic mass is 9.83. The highest BCUT2D eigenvalue weighted by molar-refractivity contribution is 6.27. The van der Waals surface area contributed by atoms with Crippen LogP contribution < -0.4 is 0 Å². The number of ether oxygens (including phenoxy) is 2. The first kappa shape index (κ1) is 17.6. The van der Waals surface area contributed by atoms with E-state index in [-0.39, 0.29) is 19.1 Å². The molecule has 1 unspecified atom stereocenters. The van der Waals surface area contributed by atoms with Gasteiger partial charge in [0.1, 0.15) is 6.61 Å². The van der Waals surface area contributed by atoms with Crippen LogP contribution >= 0.6 is 11.6 Å². The predicted octanol–water partition coefficient (Wildman–Crippen LogP) is 3.38. The summed E-state index contributed by atoms with van der Waals surface area (Å²) in [5.74, 6) is -1.73. The molecule has 0 spiro atoms. The van der Waals surface area contributed by atoms with Gasteiger partial charge in [-0.2, -0.15) is 0 Å². The minimum Gasteiger partial charge on any atom is -0.481 e. The van der Waals surface area contributed by atoms with Gasteiger partial charge in [0.05, 0.1) is 17.4 Å². The average molecular weight is 317 g/mol. The van der Waals surface area contributed by atoms with E-state index in [9.17, 15) is 9.59 Å². The summed E-state index contributed by atoms with van der Waals surface area (Å²) in [6.07, 6.45) is 7.35. The van der Waals surface area contributed by atoms with Crippen molar-refractivity contribution in [2.75, 3.05) is 13.2 Å². The van der Waals surface area contributed by atoms with Crippen LogP contribution in [0.15, 0.2) is 24.3 Å². The maximum atomic E-state index is 11.3. The van der Waals surface area contributed by atoms with Crippen LogP contribution in [0.4, 0.5) is 4.79 Å². The van der Waals surface area contributed by atoms with Gasteiger partial charge in [-0.3, -0.25) is 4.79 Å². The van der Waals surface area contributed by atoms with Crippen molar-refractivity contribution in [3.05, 3.63) is 24.3 Å². The molecule has 1 rings (SSSR count). The fourth-order valence-corrected chi connectivity index (χ4v) is 2.49. The van der Waals surface area contributed by atoms with Crippen LogP contribution in [0.25, 0.3) is 0 Å². The number of hydrogen-bond acceptors (Lipinski definition) is 4. The first-order valence-corrected chi connectivity index (χ1v) is 7.40. The Hall–Kier alpha value is -1.49. The molecule has 5 nitrogen and oxygen atoms in total. The third-order valence-corrected chi connectivity index (χ3v) is 3.89. The first-order valence-electron chi connectivity index (χ1n) is 7.03. The standard InChI is InChI=1S/C15H21ClO5/c1-3-5-12(10-21-14(19)20-4-2)15(16)8-6-11(7-9-15)13(17)18/h6-9,11-12H,3-5,10H2,1-2H3,(H,17,18). The van der Waals surface area contributed by atoms with E-state index < -0.39 is 22.9 Å². The Morgan fingerprint density at radius 2 is 1.90 bits per heavy atom. The van der Waals surface area contributed by atoms with Gasteiger partial charge in [-0.25, -0.2) is 4.79 Å². The maximum absolute atomic E-state index is 11.3. The minimum atomic E-state index is -0.920. The van der Waals surface area contributed by atoms with E-state index in [2.05, 4.69) is 0 Å². The van der Waals surface area contributed by atoms with Gasteiger partial charge in [-0.05, 0) is 13.3 Å². The molecule has 0 aromatic carbocycles. The molecule has 0 heterocycles. The molecule has 118 valence electrons. The topological polar surface area (TPSA) is 72.8 Å². The van der Waals surface area contributed by atoms with Crippen LogP contribution in [-0.4, -0.2) is 35.3 Å². The Morgan fingerprint density at radius 1 is 1.29 bits per heavy atom. The quantitative estimate of drug-likeness (QED) is 0.443. The van der Waals surface area contributed by atoms with E-state index >= 15 is 0 Å². The molecule has 0 amide bonds. The van der Waals surface area contributed by atoms with Crippen molar-refractivity contribution in [2.45, 2.75) is 31.6 Å². The molecule has 1 atom stereocenters. The van der Waals surface area contributed by atoms with Gasteiger partial charge in [0, 0.05) is 5.92 Å². The van der Waals surface area contributed by atoms with Crippen molar-refractivity contribution in [3.63, 3.8) is 0 Å². The summed E-state index contributed by atoms with van der Waals surface area (Å²) in [5, 5.41) is 8.95. The summed E-state index contributed by atoms with van der Waals surface area (Å²) in [4.78, 5) is 21.4. The lowest BCUT2D eigenvalue weighted by molar-refractivity contribution is -0.138. The first-order chi connectivity index (χ1) is 9.92. The van der Waals surface area contributed by atoms with Crippen LogP contribution in [0.3, 0.4) is 0 Å². The van der Waals surface area contributed by atoms with Gasteiger partial charge in [-0.1, -0.05) is 37.6 Å². The van der Waals surface area contributed by atoms with Gasteiger partial charge >= 0.3 is 12.1 Å². The number of carbonyl (C=O) groups is 2. The zero-order valence-corrected chi connectivity index (χ0v) is 13.0. The summed E-state index contributed by atoms with van der Waals surface area (Å²) in [6.45, 7) is 4.09. The number of hydrogen-bond donors (Lipinski definition) is 1. The van der Waals surface area contributed by atoms with E-state index in [0.29, 0.717) is 0 Å². The summed E-state index contributed by atoms with van der Waals surface area (Å²) in [5.41, 5.74) is 0. The van der Waals surface area contributed by atoms with Crippen molar-refractivity contribution < 1.29 is 24.2 Å². The number of rotatable bonds is 7. The molecule has 21 heavy (non-hydrogen) atoms. The van der Waals surface area contributed by atoms with Gasteiger partial charge < -0.3 is 14.6 Å². The average Bonchev–Trinajstić information content (AvgIpc) is 2.44. The van der Waals surface area contributed by atoms with Crippen LogP contribution in [0.1, 0.15) is 26.7 Å². The Bertz CT molecular complexity index is 416. The molecule has 0 radical (unpaired) electrons. The van der Waals surface area contributed by atoms with Gasteiger partial charge in [0.15, 0.2) is 0 Å². The van der Waals surface area contributed by atoms with Crippen LogP contribution in [0.5, 0.6) is 0 Å². The van der Waals surface area contributed by atoms with Crippen molar-refractivity contribution in [2.24, 2.45) is 11.8 Å². The summed E-state index contributed by atoms with van der Waals surface area (Å²) >= 11 is 6.55. The molecule has 0 aromatic rings. The number of halogens is 1. The lowest BCUT2D eigenvalue weighted by Crippen LogP contribution is -2.34. The van der Waals surface area contributed by atoms with Crippen LogP contribution in [0, 0.1) is 11.8 Å². The van der Waals surface area contributed by atoms with Crippen LogP contribution in [0.2, 0.25) is 0 Å². The molecule has 0 fully saturated rings. The normalized spacial score (nSPS) is 25.4. The zero-order chi connectivity index (χ0) is 15.9. The largest absolute Gasteiger partial charge is 0.508 e. The highest BCUT2D eigenvalue weighted by atomic mass is 35.5. The second kappa shape index (κ2) is 8.08. The van der Waals surface area contributed by atoms with E-state index in [4.69, 9.17) is 26.2 Å². The molecule has 0 bridgehead atoms. The third-order valence-electron chi connectivity index (χ3n) is 3.33. The molecular formula is C15H21ClO5. The monoisotopic (exact) mass is 316 g/mol. The lowest BCUT2D eigenvalue weighted by Gasteiger charge is -2.32. The Labute approximate surface area is 129 Å². The molecule has 0 saturated heterocycles. The van der Waals surface area contributed by atoms with E-state index in [1.54, 1.807) is 31.2 Å². The van der Waals surface area contributed by atoms with Crippen LogP contribution in [-0.2, 0) is 14.3 Å². The molecule has 6 heteroatoms. The number of carboxylic acid groups (broad SMARTS) is 1. The number of carboxylic acids is 1. The summed E-state index contributed by atoms with van der Waals surface area (Å²) in [6, 6.07) is 0. The number of allylic oxidation sites excluding steroid dienone is 2. The molecule has 0 saturated carbocycles. The fourth-order valence-electron chi connectivity index (χ4n) is 2.17. The Balaban J connectivity index is 2.71. The minimum absolute atomic E-state index is 0.128. The van der Waals surface area contributed by atoms with Gasteiger partial charge in [-0.15, -0.1) is 11.6 Å². The summed E-state index contributed by atoms with van der Waals surface area (Å²) < 4.78 is 9.78. The van der Waals surface area contributed by atoms with Gasteiger partial charge in [0.2, 0.25) is 0 Å². The maximum Gasteiger partial charge on any atom is 0.508 e. The van der Waals surface area contributed by atoms with E-state index in [1.165, 1.54) is 0 Å². The van der Waals surface area contributed by atoms with E-state index in [1.807, 2.05) is 6.92 Å². The van der Waals surface area contributed by atoms with Crippen molar-refractivity contribution in [3.8, 4) is 0 Å². The molecule has 1 aliphatic carbocycles. The third kappa shape index (κ3) is 5.08. The SMILES string of the molecule is CCCC(COC(=O)OCC)C1(Cl)C=CC(C(=O)O)C=C1. The molecule has 0 aliphatic heterocycles. The van der Waals surface area contributed by atoms with Crippen molar-refractivity contribution in [1.29, 1.82) is 0 Å². The zero-order valence-electron chi connectivity index (χ0n) is 12.3. The predicted molar refractivity (Wildman–Crippen MR) is 79.4 cm³/mol. The van der Waals surface area contributed by atoms with Gasteiger partial charge in [0.25, 0.3) is 0 Å².